The van der Waals surface area contributed by atoms with E-state index < -0.39 is 0 Å². The van der Waals surface area contributed by atoms with E-state index in [0.717, 1.165) is 13.1 Å². The molecule has 1 atom stereocenters. The highest BCUT2D eigenvalue weighted by molar-refractivity contribution is 5.47. The third-order valence-electron chi connectivity index (χ3n) is 3.29. The fourth-order valence-electron chi connectivity index (χ4n) is 1.98. The van der Waals surface area contributed by atoms with Gasteiger partial charge in [-0.15, -0.1) is 0 Å². The fourth-order valence-corrected chi connectivity index (χ4v) is 1.98. The summed E-state index contributed by atoms with van der Waals surface area (Å²) in [4.78, 5) is 2.36. The van der Waals surface area contributed by atoms with E-state index in [9.17, 15) is 0 Å². The maximum atomic E-state index is 3.34. The van der Waals surface area contributed by atoms with Crippen molar-refractivity contribution in [1.82, 2.24) is 5.32 Å². The zero-order valence-electron chi connectivity index (χ0n) is 11.7. The molecule has 1 aromatic carbocycles. The van der Waals surface area contributed by atoms with Crippen LogP contribution in [0.3, 0.4) is 0 Å². The minimum Gasteiger partial charge on any atom is -0.372 e. The van der Waals surface area contributed by atoms with Crippen molar-refractivity contribution in [3.05, 3.63) is 29.8 Å². The number of hydrogen-bond donors (Lipinski definition) is 1. The Morgan fingerprint density at radius 2 is 1.82 bits per heavy atom. The second-order valence-corrected chi connectivity index (χ2v) is 4.70. The lowest BCUT2D eigenvalue weighted by Crippen LogP contribution is -2.28. The Kier molecular flexibility index (Phi) is 6.06. The Morgan fingerprint density at radius 3 is 2.35 bits per heavy atom. The lowest BCUT2D eigenvalue weighted by atomic mass is 10.1. The van der Waals surface area contributed by atoms with Crippen LogP contribution < -0.4 is 10.2 Å². The number of hydrogen-bond acceptors (Lipinski definition) is 2. The van der Waals surface area contributed by atoms with E-state index in [1.165, 1.54) is 24.1 Å². The number of rotatable bonds is 7. The lowest BCUT2D eigenvalue weighted by molar-refractivity contribution is 0.616. The van der Waals surface area contributed by atoms with Crippen molar-refractivity contribution in [3.63, 3.8) is 0 Å². The maximum Gasteiger partial charge on any atom is 0.0366 e. The van der Waals surface area contributed by atoms with Gasteiger partial charge in [-0.1, -0.05) is 32.4 Å². The average molecular weight is 234 g/mol. The molecule has 0 saturated carbocycles. The number of benzene rings is 1. The van der Waals surface area contributed by atoms with Gasteiger partial charge in [0, 0.05) is 25.3 Å². The molecule has 0 bridgehead atoms. The molecule has 1 rings (SSSR count). The van der Waals surface area contributed by atoms with Crippen molar-refractivity contribution in [2.24, 2.45) is 0 Å². The van der Waals surface area contributed by atoms with Gasteiger partial charge in [-0.2, -0.15) is 0 Å². The van der Waals surface area contributed by atoms with Crippen LogP contribution in [0.25, 0.3) is 0 Å². The molecule has 17 heavy (non-hydrogen) atoms. The highest BCUT2D eigenvalue weighted by atomic mass is 15.1. The molecular formula is C15H26N2. The monoisotopic (exact) mass is 234 g/mol. The van der Waals surface area contributed by atoms with Crippen molar-refractivity contribution in [1.29, 1.82) is 0 Å². The van der Waals surface area contributed by atoms with Gasteiger partial charge in [-0.05, 0) is 37.6 Å². The molecule has 0 heterocycles. The lowest BCUT2D eigenvalue weighted by Gasteiger charge is -2.27. The summed E-state index contributed by atoms with van der Waals surface area (Å²) < 4.78 is 0. The highest BCUT2D eigenvalue weighted by Gasteiger charge is 2.08. The number of anilines is 1. The molecule has 0 radical (unpaired) electrons. The maximum absolute atomic E-state index is 3.34. The molecule has 0 spiro atoms. The predicted molar refractivity (Wildman–Crippen MR) is 76.6 cm³/mol. The molecule has 2 nitrogen and oxygen atoms in total. The van der Waals surface area contributed by atoms with E-state index in [1.54, 1.807) is 0 Å². The van der Waals surface area contributed by atoms with Crippen LogP contribution >= 0.6 is 0 Å². The summed E-state index contributed by atoms with van der Waals surface area (Å²) in [6.07, 6.45) is 2.49. The van der Waals surface area contributed by atoms with Crippen LogP contribution in [0.2, 0.25) is 0 Å². The molecule has 0 aromatic heterocycles. The van der Waals surface area contributed by atoms with E-state index in [1.807, 2.05) is 0 Å². The minimum atomic E-state index is 0.611. The van der Waals surface area contributed by atoms with E-state index in [2.05, 4.69) is 62.3 Å². The standard InChI is InChI=1S/C15H26N2/c1-5-7-13(3)17(4)15-10-8-14(9-11-15)12-16-6-2/h8-11,13,16H,5-7,12H2,1-4H3. The Bertz CT molecular complexity index is 305. The zero-order chi connectivity index (χ0) is 12.7. The first-order chi connectivity index (χ1) is 8.19. The van der Waals surface area contributed by atoms with Crippen molar-refractivity contribution in [2.75, 3.05) is 18.5 Å². The smallest absolute Gasteiger partial charge is 0.0366 e. The largest absolute Gasteiger partial charge is 0.372 e. The normalized spacial score (nSPS) is 12.5. The molecule has 0 aliphatic rings. The molecule has 0 fully saturated rings. The summed E-state index contributed by atoms with van der Waals surface area (Å²) >= 11 is 0. The molecule has 1 aromatic rings. The van der Waals surface area contributed by atoms with Gasteiger partial charge in [-0.25, -0.2) is 0 Å². The van der Waals surface area contributed by atoms with Crippen LogP contribution in [0.1, 0.15) is 39.2 Å². The van der Waals surface area contributed by atoms with Crippen LogP contribution in [-0.2, 0) is 6.54 Å². The molecule has 0 aliphatic carbocycles. The molecule has 96 valence electrons. The van der Waals surface area contributed by atoms with Gasteiger partial charge in [0.25, 0.3) is 0 Å². The minimum absolute atomic E-state index is 0.611. The van der Waals surface area contributed by atoms with Crippen molar-refractivity contribution < 1.29 is 0 Å². The summed E-state index contributed by atoms with van der Waals surface area (Å²) in [5.74, 6) is 0. The molecule has 0 amide bonds. The van der Waals surface area contributed by atoms with E-state index in [4.69, 9.17) is 0 Å². The van der Waals surface area contributed by atoms with Gasteiger partial charge in [0.15, 0.2) is 0 Å². The summed E-state index contributed by atoms with van der Waals surface area (Å²) in [5, 5.41) is 3.34. The van der Waals surface area contributed by atoms with Gasteiger partial charge >= 0.3 is 0 Å². The van der Waals surface area contributed by atoms with Crippen molar-refractivity contribution in [3.8, 4) is 0 Å². The SMILES string of the molecule is CCCC(C)N(C)c1ccc(CNCC)cc1. The second-order valence-electron chi connectivity index (χ2n) is 4.70. The third kappa shape index (κ3) is 4.39. The van der Waals surface area contributed by atoms with Crippen LogP contribution in [0.4, 0.5) is 5.69 Å². The molecule has 0 saturated heterocycles. The van der Waals surface area contributed by atoms with Gasteiger partial charge < -0.3 is 10.2 Å². The number of nitrogens with one attached hydrogen (secondary N) is 1. The summed E-state index contributed by atoms with van der Waals surface area (Å²) in [6, 6.07) is 9.48. The van der Waals surface area contributed by atoms with E-state index >= 15 is 0 Å². The van der Waals surface area contributed by atoms with Crippen molar-refractivity contribution in [2.45, 2.75) is 46.2 Å². The van der Waals surface area contributed by atoms with Gasteiger partial charge in [0.05, 0.1) is 0 Å². The summed E-state index contributed by atoms with van der Waals surface area (Å²) in [6.45, 7) is 8.65. The predicted octanol–water partition coefficient (Wildman–Crippen LogP) is 3.42. The quantitative estimate of drug-likeness (QED) is 0.777. The zero-order valence-corrected chi connectivity index (χ0v) is 11.7. The average Bonchev–Trinajstić information content (AvgIpc) is 2.36. The van der Waals surface area contributed by atoms with Crippen molar-refractivity contribution >= 4 is 5.69 Å². The van der Waals surface area contributed by atoms with Crippen LogP contribution in [-0.4, -0.2) is 19.6 Å². The molecule has 0 aliphatic heterocycles. The van der Waals surface area contributed by atoms with E-state index in [-0.39, 0.29) is 0 Å². The second kappa shape index (κ2) is 7.33. The topological polar surface area (TPSA) is 15.3 Å². The van der Waals surface area contributed by atoms with E-state index in [0.29, 0.717) is 6.04 Å². The first-order valence-corrected chi connectivity index (χ1v) is 6.71. The molecular weight excluding hydrogens is 208 g/mol. The first kappa shape index (κ1) is 14.0. The van der Waals surface area contributed by atoms with Gasteiger partial charge in [0.1, 0.15) is 0 Å². The fraction of sp³-hybridized carbons (Fsp3) is 0.600. The highest BCUT2D eigenvalue weighted by Crippen LogP contribution is 2.18. The van der Waals surface area contributed by atoms with Gasteiger partial charge in [-0.3, -0.25) is 0 Å². The Labute approximate surface area is 106 Å². The Morgan fingerprint density at radius 1 is 1.18 bits per heavy atom. The number of nitrogens with zero attached hydrogens (tertiary/aromatic N) is 1. The Hall–Kier alpha value is -1.02. The summed E-state index contributed by atoms with van der Waals surface area (Å²) in [5.41, 5.74) is 2.67. The summed E-state index contributed by atoms with van der Waals surface area (Å²) in [7, 11) is 2.18. The third-order valence-corrected chi connectivity index (χ3v) is 3.29. The molecule has 1 unspecified atom stereocenters. The van der Waals surface area contributed by atoms with Crippen LogP contribution in [0.5, 0.6) is 0 Å². The van der Waals surface area contributed by atoms with Crippen LogP contribution in [0.15, 0.2) is 24.3 Å². The van der Waals surface area contributed by atoms with Crippen LogP contribution in [0, 0.1) is 0 Å². The Balaban J connectivity index is 2.60. The first-order valence-electron chi connectivity index (χ1n) is 6.71. The molecule has 2 heteroatoms. The van der Waals surface area contributed by atoms with Gasteiger partial charge in [0.2, 0.25) is 0 Å². The molecule has 1 N–H and O–H groups in total.